The van der Waals surface area contributed by atoms with E-state index in [0.29, 0.717) is 17.4 Å². The van der Waals surface area contributed by atoms with Crippen LogP contribution >= 0.6 is 12.4 Å². The molecule has 3 atom stereocenters. The molecule has 2 saturated heterocycles. The van der Waals surface area contributed by atoms with E-state index < -0.39 is 0 Å². The minimum atomic E-state index is 0. The molecular weight excluding hydrogens is 370 g/mol. The predicted molar refractivity (Wildman–Crippen MR) is 114 cm³/mol. The summed E-state index contributed by atoms with van der Waals surface area (Å²) in [6, 6.07) is 18.4. The first kappa shape index (κ1) is 18.9. The minimum absolute atomic E-state index is 0. The molecule has 2 fully saturated rings. The molecule has 0 spiro atoms. The van der Waals surface area contributed by atoms with Crippen LogP contribution in [0.25, 0.3) is 10.9 Å². The van der Waals surface area contributed by atoms with Gasteiger partial charge in [-0.15, -0.1) is 12.4 Å². The normalized spacial score (nSPS) is 23.5. The molecular formula is C23H24ClN3O. The van der Waals surface area contributed by atoms with Crippen molar-refractivity contribution in [3.05, 3.63) is 77.5 Å². The van der Waals surface area contributed by atoms with E-state index in [1.54, 1.807) is 6.20 Å². The van der Waals surface area contributed by atoms with Gasteiger partial charge in [-0.3, -0.25) is 9.78 Å². The van der Waals surface area contributed by atoms with Crippen LogP contribution in [0.1, 0.15) is 27.5 Å². The van der Waals surface area contributed by atoms with Gasteiger partial charge in [0.1, 0.15) is 0 Å². The van der Waals surface area contributed by atoms with Gasteiger partial charge in [0.15, 0.2) is 0 Å². The molecule has 3 aromatic rings. The number of hydrogen-bond acceptors (Lipinski definition) is 3. The number of aryl methyl sites for hydroxylation is 1. The first-order valence-corrected chi connectivity index (χ1v) is 9.65. The van der Waals surface area contributed by atoms with Crippen LogP contribution in [0.4, 0.5) is 0 Å². The zero-order valence-electron chi connectivity index (χ0n) is 15.8. The number of rotatable bonds is 2. The quantitative estimate of drug-likeness (QED) is 0.715. The van der Waals surface area contributed by atoms with Gasteiger partial charge in [0.2, 0.25) is 0 Å². The van der Waals surface area contributed by atoms with Gasteiger partial charge in [-0.1, -0.05) is 42.5 Å². The molecule has 0 bridgehead atoms. The lowest BCUT2D eigenvalue weighted by molar-refractivity contribution is 0.0715. The SMILES string of the molecule is Cc1ccccc1[C@@H]1[C@H]2CNC[C@H]2CN1C(=O)c1cccc2cccnc12.Cl. The van der Waals surface area contributed by atoms with Crippen LogP contribution in [0.3, 0.4) is 0 Å². The summed E-state index contributed by atoms with van der Waals surface area (Å²) in [6.45, 7) is 4.91. The fourth-order valence-electron chi connectivity index (χ4n) is 4.88. The number of hydrogen-bond donors (Lipinski definition) is 1. The summed E-state index contributed by atoms with van der Waals surface area (Å²) < 4.78 is 0. The summed E-state index contributed by atoms with van der Waals surface area (Å²) in [4.78, 5) is 20.3. The van der Waals surface area contributed by atoms with E-state index in [9.17, 15) is 4.79 Å². The lowest BCUT2D eigenvalue weighted by Crippen LogP contribution is -2.35. The highest BCUT2D eigenvalue weighted by molar-refractivity contribution is 6.05. The zero-order chi connectivity index (χ0) is 18.4. The number of benzene rings is 2. The fourth-order valence-corrected chi connectivity index (χ4v) is 4.88. The van der Waals surface area contributed by atoms with E-state index >= 15 is 0 Å². The van der Waals surface area contributed by atoms with Crippen molar-refractivity contribution in [1.82, 2.24) is 15.2 Å². The molecule has 1 aromatic heterocycles. The van der Waals surface area contributed by atoms with E-state index in [0.717, 1.165) is 30.5 Å². The van der Waals surface area contributed by atoms with E-state index in [1.165, 1.54) is 11.1 Å². The highest BCUT2D eigenvalue weighted by Crippen LogP contribution is 2.44. The summed E-state index contributed by atoms with van der Waals surface area (Å²) in [5.74, 6) is 1.08. The number of nitrogens with zero attached hydrogens (tertiary/aromatic N) is 2. The van der Waals surface area contributed by atoms with Crippen molar-refractivity contribution in [2.24, 2.45) is 11.8 Å². The maximum absolute atomic E-state index is 13.7. The molecule has 5 rings (SSSR count). The molecule has 3 heterocycles. The number of fused-ring (bicyclic) bond motifs is 2. The summed E-state index contributed by atoms with van der Waals surface area (Å²) >= 11 is 0. The van der Waals surface area contributed by atoms with Gasteiger partial charge < -0.3 is 10.2 Å². The Labute approximate surface area is 171 Å². The molecule has 2 aromatic carbocycles. The third-order valence-corrected chi connectivity index (χ3v) is 6.20. The molecule has 0 radical (unpaired) electrons. The molecule has 5 heteroatoms. The maximum Gasteiger partial charge on any atom is 0.256 e. The largest absolute Gasteiger partial charge is 0.331 e. The van der Waals surface area contributed by atoms with Gasteiger partial charge in [-0.05, 0) is 36.1 Å². The summed E-state index contributed by atoms with van der Waals surface area (Å²) in [5.41, 5.74) is 4.03. The number of halogens is 1. The highest BCUT2D eigenvalue weighted by atomic mass is 35.5. The van der Waals surface area contributed by atoms with Gasteiger partial charge in [0.25, 0.3) is 5.91 Å². The fraction of sp³-hybridized carbons (Fsp3) is 0.304. The Morgan fingerprint density at radius 2 is 1.89 bits per heavy atom. The number of nitrogens with one attached hydrogen (secondary N) is 1. The summed E-state index contributed by atoms with van der Waals surface area (Å²) in [5, 5.41) is 4.53. The van der Waals surface area contributed by atoms with E-state index in [2.05, 4.69) is 46.4 Å². The Kier molecular flexibility index (Phi) is 5.09. The second kappa shape index (κ2) is 7.53. The molecule has 4 nitrogen and oxygen atoms in total. The third-order valence-electron chi connectivity index (χ3n) is 6.20. The third kappa shape index (κ3) is 2.97. The number of likely N-dealkylation sites (tertiary alicyclic amines) is 1. The number of carbonyl (C=O) groups excluding carboxylic acids is 1. The molecule has 1 N–H and O–H groups in total. The molecule has 28 heavy (non-hydrogen) atoms. The van der Waals surface area contributed by atoms with Crippen molar-refractivity contribution in [1.29, 1.82) is 0 Å². The monoisotopic (exact) mass is 393 g/mol. The zero-order valence-corrected chi connectivity index (χ0v) is 16.7. The van der Waals surface area contributed by atoms with Gasteiger partial charge in [0, 0.05) is 37.1 Å². The minimum Gasteiger partial charge on any atom is -0.331 e. The van der Waals surface area contributed by atoms with Crippen molar-refractivity contribution < 1.29 is 4.79 Å². The topological polar surface area (TPSA) is 45.2 Å². The Morgan fingerprint density at radius 1 is 1.07 bits per heavy atom. The van der Waals surface area contributed by atoms with Gasteiger partial charge in [-0.25, -0.2) is 0 Å². The van der Waals surface area contributed by atoms with Crippen LogP contribution < -0.4 is 5.32 Å². The average Bonchev–Trinajstić information content (AvgIpc) is 3.29. The second-order valence-electron chi connectivity index (χ2n) is 7.72. The Balaban J connectivity index is 0.00000192. The molecule has 0 aliphatic carbocycles. The van der Waals surface area contributed by atoms with Crippen LogP contribution in [0.2, 0.25) is 0 Å². The van der Waals surface area contributed by atoms with Crippen molar-refractivity contribution >= 4 is 29.2 Å². The van der Waals surface area contributed by atoms with Crippen LogP contribution in [0.5, 0.6) is 0 Å². The first-order valence-electron chi connectivity index (χ1n) is 9.65. The summed E-state index contributed by atoms with van der Waals surface area (Å²) in [6.07, 6.45) is 1.76. The Hall–Kier alpha value is -2.43. The number of para-hydroxylation sites is 1. The van der Waals surface area contributed by atoms with Crippen LogP contribution in [-0.2, 0) is 0 Å². The molecule has 0 saturated carbocycles. The number of carbonyl (C=O) groups is 1. The highest BCUT2D eigenvalue weighted by Gasteiger charge is 2.47. The molecule has 144 valence electrons. The molecule has 1 amide bonds. The smallest absolute Gasteiger partial charge is 0.256 e. The van der Waals surface area contributed by atoms with E-state index in [1.807, 2.05) is 30.3 Å². The van der Waals surface area contributed by atoms with Gasteiger partial charge in [0.05, 0.1) is 17.1 Å². The van der Waals surface area contributed by atoms with Crippen molar-refractivity contribution in [2.45, 2.75) is 13.0 Å². The lowest BCUT2D eigenvalue weighted by atomic mass is 9.87. The van der Waals surface area contributed by atoms with Crippen LogP contribution in [0.15, 0.2) is 60.8 Å². The van der Waals surface area contributed by atoms with Crippen molar-refractivity contribution in [3.63, 3.8) is 0 Å². The number of aromatic nitrogens is 1. The summed E-state index contributed by atoms with van der Waals surface area (Å²) in [7, 11) is 0. The van der Waals surface area contributed by atoms with Crippen LogP contribution in [0, 0.1) is 18.8 Å². The van der Waals surface area contributed by atoms with Crippen molar-refractivity contribution in [3.8, 4) is 0 Å². The van der Waals surface area contributed by atoms with Gasteiger partial charge >= 0.3 is 0 Å². The maximum atomic E-state index is 13.7. The van der Waals surface area contributed by atoms with Gasteiger partial charge in [-0.2, -0.15) is 0 Å². The van der Waals surface area contributed by atoms with E-state index in [-0.39, 0.29) is 24.4 Å². The van der Waals surface area contributed by atoms with Crippen LogP contribution in [-0.4, -0.2) is 35.4 Å². The average molecular weight is 394 g/mol. The molecule has 2 aliphatic heterocycles. The standard InChI is InChI=1S/C23H23N3O.ClH/c1-15-6-2-3-9-18(15)22-20-13-24-12-17(20)14-26(22)23(27)19-10-4-7-16-8-5-11-25-21(16)19;/h2-11,17,20,22,24H,12-14H2,1H3;1H/t17-,20-,22+;/m0./s1. The second-order valence-corrected chi connectivity index (χ2v) is 7.72. The number of amides is 1. The molecule has 0 unspecified atom stereocenters. The first-order chi connectivity index (χ1) is 13.2. The van der Waals surface area contributed by atoms with Crippen molar-refractivity contribution in [2.75, 3.05) is 19.6 Å². The predicted octanol–water partition coefficient (Wildman–Crippen LogP) is 4.00. The molecule has 2 aliphatic rings. The Bertz CT molecular complexity index is 1020. The number of pyridine rings is 1. The van der Waals surface area contributed by atoms with E-state index in [4.69, 9.17) is 0 Å². The Morgan fingerprint density at radius 3 is 2.75 bits per heavy atom. The lowest BCUT2D eigenvalue weighted by Gasteiger charge is -2.30.